The number of non-ortho nitro benzene ring substituents is 1. The van der Waals surface area contributed by atoms with E-state index in [1.807, 2.05) is 42.5 Å². The van der Waals surface area contributed by atoms with Crippen LogP contribution in [0.25, 0.3) is 17.2 Å². The second kappa shape index (κ2) is 15.3. The summed E-state index contributed by atoms with van der Waals surface area (Å²) in [6.07, 6.45) is 1.29. The van der Waals surface area contributed by atoms with Crippen molar-refractivity contribution in [3.63, 3.8) is 0 Å². The van der Waals surface area contributed by atoms with Crippen molar-refractivity contribution in [3.8, 4) is 11.1 Å². The van der Waals surface area contributed by atoms with Crippen LogP contribution in [0.2, 0.25) is 5.02 Å². The summed E-state index contributed by atoms with van der Waals surface area (Å²) in [7, 11) is 0. The molecule has 5 aromatic carbocycles. The summed E-state index contributed by atoms with van der Waals surface area (Å²) in [5, 5.41) is 25.7. The van der Waals surface area contributed by atoms with E-state index in [2.05, 4.69) is 16.2 Å². The summed E-state index contributed by atoms with van der Waals surface area (Å²) in [4.78, 5) is 61.3. The van der Waals surface area contributed by atoms with Crippen LogP contribution < -0.4 is 16.2 Å². The van der Waals surface area contributed by atoms with Crippen LogP contribution in [-0.2, 0) is 4.79 Å². The molecule has 0 aliphatic heterocycles. The lowest BCUT2D eigenvalue weighted by atomic mass is 9.98. The highest BCUT2D eigenvalue weighted by Gasteiger charge is 2.22. The maximum absolute atomic E-state index is 13.7. The molecular weight excluding hydrogens is 650 g/mol. The molecule has 49 heavy (non-hydrogen) atoms. The minimum atomic E-state index is -0.830. The van der Waals surface area contributed by atoms with Gasteiger partial charge in [0, 0.05) is 28.6 Å². The van der Waals surface area contributed by atoms with Gasteiger partial charge in [0.1, 0.15) is 5.69 Å². The molecule has 0 bridgehead atoms. The number of carbonyl (C=O) groups excluding carboxylic acids is 3. The molecule has 0 radical (unpaired) electrons. The maximum atomic E-state index is 13.7. The molecule has 0 spiro atoms. The smallest absolute Gasteiger partial charge is 0.300 e. The van der Waals surface area contributed by atoms with Crippen LogP contribution in [0.4, 0.5) is 22.7 Å². The van der Waals surface area contributed by atoms with Crippen LogP contribution in [-0.4, -0.2) is 27.4 Å². The zero-order chi connectivity index (χ0) is 34.9. The Bertz CT molecular complexity index is 2080. The van der Waals surface area contributed by atoms with Gasteiger partial charge in [0.05, 0.1) is 27.2 Å². The van der Waals surface area contributed by atoms with E-state index < -0.39 is 33.0 Å². The van der Waals surface area contributed by atoms with Crippen molar-refractivity contribution in [2.45, 2.75) is 6.42 Å². The molecule has 13 heteroatoms. The standard InChI is InChI=1S/C36H26ClN5O7/c37-28-16-10-23(11-17-28)20-27(21-34(43)26-14-12-25(13-15-26)24-6-2-1-3-7-24)35(44)38-31-9-5-4-8-30(31)36(45)40-39-32-19-18-29(41(46)47)22-33(32)42(48)49/h1-20,22,39H,21H2,(H,38,44)(H,40,45)/b27-20+. The molecule has 2 amide bonds. The van der Waals surface area contributed by atoms with Gasteiger partial charge in [-0.05, 0) is 53.1 Å². The number of nitro groups is 2. The minimum Gasteiger partial charge on any atom is -0.321 e. The average molecular weight is 676 g/mol. The predicted molar refractivity (Wildman–Crippen MR) is 186 cm³/mol. The summed E-state index contributed by atoms with van der Waals surface area (Å²) in [5.41, 5.74) is 6.53. The van der Waals surface area contributed by atoms with Crippen LogP contribution in [0.3, 0.4) is 0 Å². The first-order chi connectivity index (χ1) is 23.6. The Hall–Kier alpha value is -6.66. The van der Waals surface area contributed by atoms with Gasteiger partial charge in [0.15, 0.2) is 5.78 Å². The highest BCUT2D eigenvalue weighted by molar-refractivity contribution is 6.30. The van der Waals surface area contributed by atoms with Crippen molar-refractivity contribution in [1.29, 1.82) is 0 Å². The Kier molecular flexibility index (Phi) is 10.5. The van der Waals surface area contributed by atoms with E-state index in [-0.39, 0.29) is 34.7 Å². The number of rotatable bonds is 12. The van der Waals surface area contributed by atoms with Gasteiger partial charge < -0.3 is 5.32 Å². The molecule has 0 atom stereocenters. The third-order valence-corrected chi connectivity index (χ3v) is 7.54. The lowest BCUT2D eigenvalue weighted by Gasteiger charge is -2.14. The van der Waals surface area contributed by atoms with Crippen LogP contribution in [0, 0.1) is 20.2 Å². The van der Waals surface area contributed by atoms with E-state index in [9.17, 15) is 34.6 Å². The van der Waals surface area contributed by atoms with E-state index in [0.29, 0.717) is 16.1 Å². The molecule has 0 aliphatic carbocycles. The number of hydrazine groups is 1. The average Bonchev–Trinajstić information content (AvgIpc) is 3.11. The number of carbonyl (C=O) groups is 3. The second-order valence-electron chi connectivity index (χ2n) is 10.6. The Morgan fingerprint density at radius 2 is 1.37 bits per heavy atom. The molecular formula is C36H26ClN5O7. The largest absolute Gasteiger partial charge is 0.321 e. The molecule has 0 heterocycles. The molecule has 5 aromatic rings. The number of benzene rings is 5. The molecule has 5 rings (SSSR count). The van der Waals surface area contributed by atoms with E-state index >= 15 is 0 Å². The van der Waals surface area contributed by atoms with Crippen LogP contribution in [0.5, 0.6) is 0 Å². The summed E-state index contributed by atoms with van der Waals surface area (Å²) >= 11 is 6.04. The Labute approximate surface area is 284 Å². The Morgan fingerprint density at radius 1 is 0.714 bits per heavy atom. The molecule has 0 fully saturated rings. The molecule has 0 saturated carbocycles. The SMILES string of the molecule is O=C(Nc1ccccc1C(=O)NNc1ccc([N+](=O)[O-])cc1[N+](=O)[O-])/C(=C/c1ccc(Cl)cc1)CC(=O)c1ccc(-c2ccccc2)cc1. The van der Waals surface area contributed by atoms with Gasteiger partial charge in [-0.2, -0.15) is 0 Å². The van der Waals surface area contributed by atoms with Crippen molar-refractivity contribution in [1.82, 2.24) is 5.43 Å². The van der Waals surface area contributed by atoms with Crippen molar-refractivity contribution in [2.75, 3.05) is 10.7 Å². The van der Waals surface area contributed by atoms with Crippen molar-refractivity contribution in [2.24, 2.45) is 0 Å². The first kappa shape index (κ1) is 33.7. The highest BCUT2D eigenvalue weighted by atomic mass is 35.5. The monoisotopic (exact) mass is 675 g/mol. The number of anilines is 2. The normalized spacial score (nSPS) is 10.9. The molecule has 12 nitrogen and oxygen atoms in total. The maximum Gasteiger partial charge on any atom is 0.300 e. The first-order valence-corrected chi connectivity index (χ1v) is 15.0. The fourth-order valence-electron chi connectivity index (χ4n) is 4.79. The van der Waals surface area contributed by atoms with Crippen LogP contribution in [0.1, 0.15) is 32.7 Å². The lowest BCUT2D eigenvalue weighted by molar-refractivity contribution is -0.393. The first-order valence-electron chi connectivity index (χ1n) is 14.6. The fraction of sp³-hybridized carbons (Fsp3) is 0.0278. The molecule has 0 aliphatic rings. The lowest BCUT2D eigenvalue weighted by Crippen LogP contribution is -2.31. The number of hydrogen-bond acceptors (Lipinski definition) is 8. The zero-order valence-corrected chi connectivity index (χ0v) is 26.2. The molecule has 0 saturated heterocycles. The number of nitrogens with zero attached hydrogens (tertiary/aromatic N) is 2. The van der Waals surface area contributed by atoms with Crippen LogP contribution in [0.15, 0.2) is 127 Å². The van der Waals surface area contributed by atoms with Gasteiger partial charge in [0.2, 0.25) is 0 Å². The number of hydrogen-bond donors (Lipinski definition) is 3. The number of amides is 2. The molecule has 3 N–H and O–H groups in total. The van der Waals surface area contributed by atoms with Crippen molar-refractivity contribution >= 4 is 58.0 Å². The fourth-order valence-corrected chi connectivity index (χ4v) is 4.91. The topological polar surface area (TPSA) is 174 Å². The zero-order valence-electron chi connectivity index (χ0n) is 25.5. The number of nitrogens with one attached hydrogen (secondary N) is 3. The van der Waals surface area contributed by atoms with Crippen molar-refractivity contribution < 1.29 is 24.2 Å². The quantitative estimate of drug-likeness (QED) is 0.0518. The number of ketones is 1. The summed E-state index contributed by atoms with van der Waals surface area (Å²) in [6.45, 7) is 0. The van der Waals surface area contributed by atoms with E-state index in [0.717, 1.165) is 29.3 Å². The third-order valence-electron chi connectivity index (χ3n) is 7.29. The van der Waals surface area contributed by atoms with Gasteiger partial charge in [-0.1, -0.05) is 90.5 Å². The number of Topliss-reactive ketones (excluding diaryl/α,β-unsaturated/α-hetero) is 1. The van der Waals surface area contributed by atoms with Gasteiger partial charge in [-0.15, -0.1) is 0 Å². The predicted octanol–water partition coefficient (Wildman–Crippen LogP) is 7.88. The Morgan fingerprint density at radius 3 is 2.04 bits per heavy atom. The van der Waals surface area contributed by atoms with Crippen LogP contribution >= 0.6 is 11.6 Å². The van der Waals surface area contributed by atoms with Gasteiger partial charge >= 0.3 is 5.69 Å². The van der Waals surface area contributed by atoms with Gasteiger partial charge in [-0.25, -0.2) is 0 Å². The van der Waals surface area contributed by atoms with Gasteiger partial charge in [0.25, 0.3) is 17.5 Å². The van der Waals surface area contributed by atoms with Crippen molar-refractivity contribution in [3.05, 3.63) is 169 Å². The van der Waals surface area contributed by atoms with E-state index in [1.165, 1.54) is 12.1 Å². The Balaban J connectivity index is 1.36. The number of nitro benzene ring substituents is 2. The summed E-state index contributed by atoms with van der Waals surface area (Å²) < 4.78 is 0. The van der Waals surface area contributed by atoms with E-state index in [4.69, 9.17) is 11.6 Å². The third kappa shape index (κ3) is 8.58. The molecule has 0 unspecified atom stereocenters. The second-order valence-corrected chi connectivity index (χ2v) is 11.0. The summed E-state index contributed by atoms with van der Waals surface area (Å²) in [6, 6.07) is 32.3. The summed E-state index contributed by atoms with van der Waals surface area (Å²) in [5.74, 6) is -1.74. The molecule has 0 aromatic heterocycles. The highest BCUT2D eigenvalue weighted by Crippen LogP contribution is 2.29. The number of para-hydroxylation sites is 1. The number of halogens is 1. The van der Waals surface area contributed by atoms with E-state index in [1.54, 1.807) is 54.6 Å². The molecule has 244 valence electrons. The van der Waals surface area contributed by atoms with Gasteiger partial charge in [-0.3, -0.25) is 45.5 Å². The minimum absolute atomic E-state index is 0.0124.